The molecule has 0 amide bonds. The average Bonchev–Trinajstić information content (AvgIpc) is 2.99. The predicted octanol–water partition coefficient (Wildman–Crippen LogP) is 1.42. The number of ether oxygens (including phenoxy) is 1. The molecule has 5 nitrogen and oxygen atoms in total. The molecule has 1 N–H and O–H groups in total. The summed E-state index contributed by atoms with van der Waals surface area (Å²) in [5, 5.41) is 7.87. The van der Waals surface area contributed by atoms with Crippen LogP contribution >= 0.6 is 0 Å². The van der Waals surface area contributed by atoms with E-state index < -0.39 is 0 Å². The summed E-state index contributed by atoms with van der Waals surface area (Å²) in [5.74, 6) is 1.67. The number of nitrogens with zero attached hydrogens (tertiary/aromatic N) is 3. The van der Waals surface area contributed by atoms with E-state index in [1.807, 2.05) is 4.68 Å². The number of likely N-dealkylation sites (N-methyl/N-ethyl adjacent to an activating group) is 1. The first-order valence-electron chi connectivity index (χ1n) is 6.91. The van der Waals surface area contributed by atoms with Gasteiger partial charge < -0.3 is 10.1 Å². The van der Waals surface area contributed by atoms with E-state index in [1.54, 1.807) is 6.33 Å². The smallest absolute Gasteiger partial charge is 0.138 e. The van der Waals surface area contributed by atoms with E-state index in [4.69, 9.17) is 4.74 Å². The summed E-state index contributed by atoms with van der Waals surface area (Å²) >= 11 is 0. The molecule has 0 saturated carbocycles. The molecule has 2 rings (SSSR count). The molecule has 1 aliphatic heterocycles. The van der Waals surface area contributed by atoms with Crippen molar-refractivity contribution >= 4 is 0 Å². The van der Waals surface area contributed by atoms with Crippen LogP contribution in [0.3, 0.4) is 0 Å². The molecule has 1 aromatic heterocycles. The first-order valence-corrected chi connectivity index (χ1v) is 6.91. The van der Waals surface area contributed by atoms with Gasteiger partial charge in [0.25, 0.3) is 0 Å². The normalized spacial score (nSPS) is 21.7. The fourth-order valence-corrected chi connectivity index (χ4v) is 2.59. The Bertz CT molecular complexity index is 358. The third kappa shape index (κ3) is 3.09. The van der Waals surface area contributed by atoms with Crippen LogP contribution in [0, 0.1) is 5.92 Å². The van der Waals surface area contributed by atoms with E-state index in [0.29, 0.717) is 18.0 Å². The van der Waals surface area contributed by atoms with Crippen LogP contribution in [0.4, 0.5) is 0 Å². The molecule has 2 atom stereocenters. The van der Waals surface area contributed by atoms with Crippen LogP contribution < -0.4 is 5.32 Å². The van der Waals surface area contributed by atoms with Crippen molar-refractivity contribution in [2.45, 2.75) is 45.7 Å². The SMILES string of the molecule is CCNC(Cc1ncnn1C(C)C)C1CCOC1. The van der Waals surface area contributed by atoms with Gasteiger partial charge in [-0.05, 0) is 26.8 Å². The van der Waals surface area contributed by atoms with Crippen LogP contribution in [0.1, 0.15) is 39.1 Å². The van der Waals surface area contributed by atoms with Crippen LogP contribution in [0.25, 0.3) is 0 Å². The van der Waals surface area contributed by atoms with Crippen LogP contribution in [-0.2, 0) is 11.2 Å². The number of hydrogen-bond acceptors (Lipinski definition) is 4. The highest BCUT2D eigenvalue weighted by Gasteiger charge is 2.26. The molecule has 102 valence electrons. The summed E-state index contributed by atoms with van der Waals surface area (Å²) in [5.41, 5.74) is 0. The molecule has 1 fully saturated rings. The topological polar surface area (TPSA) is 52.0 Å². The van der Waals surface area contributed by atoms with Crippen LogP contribution in [0.5, 0.6) is 0 Å². The molecule has 0 spiro atoms. The molecule has 5 heteroatoms. The molecular formula is C13H24N4O. The average molecular weight is 252 g/mol. The van der Waals surface area contributed by atoms with Crippen molar-refractivity contribution in [1.29, 1.82) is 0 Å². The van der Waals surface area contributed by atoms with Crippen molar-refractivity contribution in [2.24, 2.45) is 5.92 Å². The maximum atomic E-state index is 5.50. The van der Waals surface area contributed by atoms with Gasteiger partial charge in [0.05, 0.1) is 6.61 Å². The molecular weight excluding hydrogens is 228 g/mol. The summed E-state index contributed by atoms with van der Waals surface area (Å²) in [6, 6.07) is 0.809. The molecule has 0 bridgehead atoms. The summed E-state index contributed by atoms with van der Waals surface area (Å²) in [4.78, 5) is 4.40. The fraction of sp³-hybridized carbons (Fsp3) is 0.846. The van der Waals surface area contributed by atoms with E-state index in [0.717, 1.165) is 38.4 Å². The molecule has 0 aromatic carbocycles. The van der Waals surface area contributed by atoms with Gasteiger partial charge in [0, 0.05) is 31.0 Å². The number of hydrogen-bond donors (Lipinski definition) is 1. The zero-order chi connectivity index (χ0) is 13.0. The van der Waals surface area contributed by atoms with Gasteiger partial charge >= 0.3 is 0 Å². The Balaban J connectivity index is 2.05. The van der Waals surface area contributed by atoms with Crippen LogP contribution in [0.2, 0.25) is 0 Å². The Morgan fingerprint density at radius 1 is 1.56 bits per heavy atom. The summed E-state index contributed by atoms with van der Waals surface area (Å²) < 4.78 is 7.51. The molecule has 1 aliphatic rings. The summed E-state index contributed by atoms with van der Waals surface area (Å²) in [6.07, 6.45) is 3.73. The van der Waals surface area contributed by atoms with Crippen molar-refractivity contribution in [3.8, 4) is 0 Å². The predicted molar refractivity (Wildman–Crippen MR) is 70.5 cm³/mol. The summed E-state index contributed by atoms with van der Waals surface area (Å²) in [6.45, 7) is 9.17. The van der Waals surface area contributed by atoms with Gasteiger partial charge in [-0.15, -0.1) is 0 Å². The lowest BCUT2D eigenvalue weighted by Gasteiger charge is -2.23. The highest BCUT2D eigenvalue weighted by atomic mass is 16.5. The first-order chi connectivity index (χ1) is 8.72. The minimum atomic E-state index is 0.365. The van der Waals surface area contributed by atoms with Crippen molar-refractivity contribution < 1.29 is 4.74 Å². The lowest BCUT2D eigenvalue weighted by molar-refractivity contribution is 0.176. The molecule has 0 radical (unpaired) electrons. The van der Waals surface area contributed by atoms with Gasteiger partial charge in [-0.1, -0.05) is 6.92 Å². The van der Waals surface area contributed by atoms with Crippen molar-refractivity contribution in [2.75, 3.05) is 19.8 Å². The van der Waals surface area contributed by atoms with Crippen LogP contribution in [0.15, 0.2) is 6.33 Å². The van der Waals surface area contributed by atoms with Gasteiger partial charge in [0.1, 0.15) is 12.2 Å². The van der Waals surface area contributed by atoms with Gasteiger partial charge in [0.2, 0.25) is 0 Å². The molecule has 2 heterocycles. The third-order valence-corrected chi connectivity index (χ3v) is 3.54. The molecule has 2 unspecified atom stereocenters. The first kappa shape index (κ1) is 13.5. The standard InChI is InChI=1S/C13H24N4O/c1-4-14-12(11-5-6-18-8-11)7-13-15-9-16-17(13)10(2)3/h9-12,14H,4-8H2,1-3H3. The molecule has 18 heavy (non-hydrogen) atoms. The van der Waals surface area contributed by atoms with E-state index in [-0.39, 0.29) is 0 Å². The number of aromatic nitrogens is 3. The Labute approximate surface area is 109 Å². The van der Waals surface area contributed by atoms with Gasteiger partial charge in [-0.3, -0.25) is 0 Å². The minimum Gasteiger partial charge on any atom is -0.381 e. The van der Waals surface area contributed by atoms with Crippen molar-refractivity contribution in [1.82, 2.24) is 20.1 Å². The van der Waals surface area contributed by atoms with Gasteiger partial charge in [-0.25, -0.2) is 9.67 Å². The fourth-order valence-electron chi connectivity index (χ4n) is 2.59. The second kappa shape index (κ2) is 6.29. The highest BCUT2D eigenvalue weighted by Crippen LogP contribution is 2.20. The highest BCUT2D eigenvalue weighted by molar-refractivity contribution is 4.94. The molecule has 1 saturated heterocycles. The molecule has 1 aromatic rings. The van der Waals surface area contributed by atoms with E-state index in [2.05, 4.69) is 36.2 Å². The largest absolute Gasteiger partial charge is 0.381 e. The molecule has 0 aliphatic carbocycles. The Morgan fingerprint density at radius 3 is 3.00 bits per heavy atom. The van der Waals surface area contributed by atoms with E-state index in [1.165, 1.54) is 0 Å². The van der Waals surface area contributed by atoms with Crippen molar-refractivity contribution in [3.05, 3.63) is 12.2 Å². The Kier molecular flexibility index (Phi) is 4.72. The lowest BCUT2D eigenvalue weighted by atomic mass is 9.95. The van der Waals surface area contributed by atoms with Crippen LogP contribution in [-0.4, -0.2) is 40.6 Å². The van der Waals surface area contributed by atoms with Gasteiger partial charge in [0.15, 0.2) is 0 Å². The maximum absolute atomic E-state index is 5.50. The lowest BCUT2D eigenvalue weighted by Crippen LogP contribution is -2.39. The quantitative estimate of drug-likeness (QED) is 0.832. The summed E-state index contributed by atoms with van der Waals surface area (Å²) in [7, 11) is 0. The Morgan fingerprint density at radius 2 is 2.39 bits per heavy atom. The minimum absolute atomic E-state index is 0.365. The zero-order valence-electron chi connectivity index (χ0n) is 11.6. The van der Waals surface area contributed by atoms with Crippen molar-refractivity contribution in [3.63, 3.8) is 0 Å². The van der Waals surface area contributed by atoms with Gasteiger partial charge in [-0.2, -0.15) is 5.10 Å². The third-order valence-electron chi connectivity index (χ3n) is 3.54. The monoisotopic (exact) mass is 252 g/mol. The number of nitrogens with one attached hydrogen (secondary N) is 1. The Hall–Kier alpha value is -0.940. The second-order valence-corrected chi connectivity index (χ2v) is 5.21. The number of rotatable bonds is 6. The van der Waals surface area contributed by atoms with E-state index in [9.17, 15) is 0 Å². The maximum Gasteiger partial charge on any atom is 0.138 e. The van der Waals surface area contributed by atoms with E-state index >= 15 is 0 Å². The zero-order valence-corrected chi connectivity index (χ0v) is 11.6. The second-order valence-electron chi connectivity index (χ2n) is 5.21.